The molecule has 2 rings (SSSR count). The summed E-state index contributed by atoms with van der Waals surface area (Å²) < 4.78 is 10.5. The average Bonchev–Trinajstić information content (AvgIpc) is 2.92. The molecule has 5 nitrogen and oxygen atoms in total. The van der Waals surface area contributed by atoms with Crippen molar-refractivity contribution in [2.24, 2.45) is 0 Å². The fraction of sp³-hybridized carbons (Fsp3) is 0.385. The summed E-state index contributed by atoms with van der Waals surface area (Å²) in [6.07, 6.45) is 0.912. The van der Waals surface area contributed by atoms with Crippen molar-refractivity contribution in [1.29, 1.82) is 0 Å². The van der Waals surface area contributed by atoms with Crippen LogP contribution in [0.25, 0.3) is 0 Å². The van der Waals surface area contributed by atoms with E-state index in [-0.39, 0.29) is 0 Å². The lowest BCUT2D eigenvalue weighted by Gasteiger charge is -2.09. The van der Waals surface area contributed by atoms with Gasteiger partial charge in [-0.25, -0.2) is 0 Å². The number of hydrogen-bond acceptors (Lipinski definition) is 6. The summed E-state index contributed by atoms with van der Waals surface area (Å²) in [4.78, 5) is 0. The molecule has 0 aliphatic rings. The van der Waals surface area contributed by atoms with E-state index in [0.29, 0.717) is 6.54 Å². The number of nitrogens with one attached hydrogen (secondary N) is 1. The molecule has 102 valence electrons. The predicted octanol–water partition coefficient (Wildman–Crippen LogP) is 2.73. The number of anilines is 1. The van der Waals surface area contributed by atoms with Crippen LogP contribution in [0.5, 0.6) is 11.5 Å². The third-order valence-electron chi connectivity index (χ3n) is 2.66. The molecule has 0 fully saturated rings. The van der Waals surface area contributed by atoms with E-state index < -0.39 is 0 Å². The van der Waals surface area contributed by atoms with E-state index >= 15 is 0 Å². The Morgan fingerprint density at radius 1 is 1.16 bits per heavy atom. The van der Waals surface area contributed by atoms with Crippen molar-refractivity contribution < 1.29 is 9.47 Å². The van der Waals surface area contributed by atoms with E-state index in [1.165, 1.54) is 0 Å². The average molecular weight is 279 g/mol. The van der Waals surface area contributed by atoms with Crippen LogP contribution >= 0.6 is 11.3 Å². The Morgan fingerprint density at radius 2 is 1.95 bits per heavy atom. The molecule has 2 aromatic rings. The highest BCUT2D eigenvalue weighted by molar-refractivity contribution is 7.15. The third-order valence-corrected chi connectivity index (χ3v) is 3.69. The van der Waals surface area contributed by atoms with Crippen molar-refractivity contribution in [3.8, 4) is 11.5 Å². The Kier molecular flexibility index (Phi) is 4.57. The zero-order valence-corrected chi connectivity index (χ0v) is 12.1. The number of aromatic nitrogens is 2. The minimum absolute atomic E-state index is 0.679. The number of methoxy groups -OCH3 is 2. The van der Waals surface area contributed by atoms with Crippen LogP contribution in [0.3, 0.4) is 0 Å². The Bertz CT molecular complexity index is 542. The zero-order valence-electron chi connectivity index (χ0n) is 11.3. The molecule has 1 aromatic heterocycles. The van der Waals surface area contributed by atoms with Gasteiger partial charge in [0.25, 0.3) is 0 Å². The number of benzene rings is 1. The van der Waals surface area contributed by atoms with E-state index in [2.05, 4.69) is 22.4 Å². The quantitative estimate of drug-likeness (QED) is 0.881. The first-order valence-electron chi connectivity index (χ1n) is 6.04. The fourth-order valence-corrected chi connectivity index (χ4v) is 2.31. The minimum atomic E-state index is 0.679. The molecule has 0 aliphatic carbocycles. The van der Waals surface area contributed by atoms with Crippen molar-refractivity contribution >= 4 is 16.5 Å². The predicted molar refractivity (Wildman–Crippen MR) is 76.2 cm³/mol. The normalized spacial score (nSPS) is 10.3. The standard InChI is InChI=1S/C13H17N3O2S/c1-4-12-15-16-13(19-12)14-8-9-5-6-10(17-2)11(7-9)18-3/h5-7H,4,8H2,1-3H3,(H,14,16). The van der Waals surface area contributed by atoms with E-state index in [9.17, 15) is 0 Å². The van der Waals surface area contributed by atoms with Gasteiger partial charge in [-0.15, -0.1) is 10.2 Å². The van der Waals surface area contributed by atoms with Crippen molar-refractivity contribution in [2.45, 2.75) is 19.9 Å². The van der Waals surface area contributed by atoms with Gasteiger partial charge in [-0.1, -0.05) is 24.3 Å². The molecular formula is C13H17N3O2S. The van der Waals surface area contributed by atoms with Crippen LogP contribution in [-0.2, 0) is 13.0 Å². The summed E-state index contributed by atoms with van der Waals surface area (Å²) in [6.45, 7) is 2.75. The Balaban J connectivity index is 2.03. The van der Waals surface area contributed by atoms with Crippen molar-refractivity contribution in [1.82, 2.24) is 10.2 Å². The SMILES string of the molecule is CCc1nnc(NCc2ccc(OC)c(OC)c2)s1. The molecule has 1 N–H and O–H groups in total. The van der Waals surface area contributed by atoms with Crippen LogP contribution < -0.4 is 14.8 Å². The summed E-state index contributed by atoms with van der Waals surface area (Å²) in [5.41, 5.74) is 1.10. The van der Waals surface area contributed by atoms with Gasteiger partial charge in [0.15, 0.2) is 11.5 Å². The Hall–Kier alpha value is -1.82. The van der Waals surface area contributed by atoms with Gasteiger partial charge in [0, 0.05) is 6.54 Å². The zero-order chi connectivity index (χ0) is 13.7. The molecule has 1 heterocycles. The highest BCUT2D eigenvalue weighted by atomic mass is 32.1. The Morgan fingerprint density at radius 3 is 2.58 bits per heavy atom. The van der Waals surface area contributed by atoms with E-state index in [1.807, 2.05) is 18.2 Å². The number of rotatable bonds is 6. The largest absolute Gasteiger partial charge is 0.493 e. The maximum Gasteiger partial charge on any atom is 0.205 e. The van der Waals surface area contributed by atoms with Crippen LogP contribution in [0, 0.1) is 0 Å². The molecule has 19 heavy (non-hydrogen) atoms. The van der Waals surface area contributed by atoms with Gasteiger partial charge in [-0.05, 0) is 24.1 Å². The first kappa shape index (κ1) is 13.6. The maximum atomic E-state index is 5.27. The molecule has 0 radical (unpaired) electrons. The van der Waals surface area contributed by atoms with Crippen LogP contribution in [-0.4, -0.2) is 24.4 Å². The van der Waals surface area contributed by atoms with Crippen molar-refractivity contribution in [2.75, 3.05) is 19.5 Å². The van der Waals surface area contributed by atoms with Gasteiger partial charge in [0.05, 0.1) is 14.2 Å². The summed E-state index contributed by atoms with van der Waals surface area (Å²) in [5, 5.41) is 13.3. The van der Waals surface area contributed by atoms with Gasteiger partial charge in [-0.2, -0.15) is 0 Å². The maximum absolute atomic E-state index is 5.27. The van der Waals surface area contributed by atoms with Crippen LogP contribution in [0.15, 0.2) is 18.2 Å². The molecule has 1 aromatic carbocycles. The monoisotopic (exact) mass is 279 g/mol. The molecule has 0 atom stereocenters. The van der Waals surface area contributed by atoms with Crippen LogP contribution in [0.2, 0.25) is 0 Å². The molecule has 6 heteroatoms. The summed E-state index contributed by atoms with van der Waals surface area (Å²) in [6, 6.07) is 5.84. The summed E-state index contributed by atoms with van der Waals surface area (Å²) in [7, 11) is 3.26. The lowest BCUT2D eigenvalue weighted by Crippen LogP contribution is -2.00. The number of nitrogens with zero attached hydrogens (tertiary/aromatic N) is 2. The highest BCUT2D eigenvalue weighted by Gasteiger charge is 2.06. The lowest BCUT2D eigenvalue weighted by molar-refractivity contribution is 0.354. The van der Waals surface area contributed by atoms with Gasteiger partial charge in [0.2, 0.25) is 5.13 Å². The molecule has 0 bridgehead atoms. The number of aryl methyl sites for hydroxylation is 1. The third kappa shape index (κ3) is 3.35. The summed E-state index contributed by atoms with van der Waals surface area (Å²) >= 11 is 1.58. The van der Waals surface area contributed by atoms with E-state index in [0.717, 1.165) is 33.6 Å². The molecule has 0 unspecified atom stereocenters. The van der Waals surface area contributed by atoms with E-state index in [1.54, 1.807) is 25.6 Å². The van der Waals surface area contributed by atoms with Gasteiger partial charge >= 0.3 is 0 Å². The molecule has 0 spiro atoms. The van der Waals surface area contributed by atoms with Gasteiger partial charge in [0.1, 0.15) is 5.01 Å². The molecule has 0 saturated carbocycles. The molecular weight excluding hydrogens is 262 g/mol. The van der Waals surface area contributed by atoms with Crippen LogP contribution in [0.4, 0.5) is 5.13 Å². The smallest absolute Gasteiger partial charge is 0.205 e. The minimum Gasteiger partial charge on any atom is -0.493 e. The Labute approximate surface area is 116 Å². The molecule has 0 saturated heterocycles. The number of ether oxygens (including phenoxy) is 2. The molecule has 0 aliphatic heterocycles. The number of hydrogen-bond donors (Lipinski definition) is 1. The second kappa shape index (κ2) is 6.38. The second-order valence-corrected chi connectivity index (χ2v) is 4.96. The second-order valence-electron chi connectivity index (χ2n) is 3.90. The first-order valence-corrected chi connectivity index (χ1v) is 6.85. The van der Waals surface area contributed by atoms with Crippen LogP contribution in [0.1, 0.15) is 17.5 Å². The molecule has 0 amide bonds. The van der Waals surface area contributed by atoms with Crippen molar-refractivity contribution in [3.63, 3.8) is 0 Å². The van der Waals surface area contributed by atoms with Gasteiger partial charge in [-0.3, -0.25) is 0 Å². The summed E-state index contributed by atoms with van der Waals surface area (Å²) in [5.74, 6) is 1.46. The fourth-order valence-electron chi connectivity index (χ4n) is 1.64. The lowest BCUT2D eigenvalue weighted by atomic mass is 10.2. The first-order chi connectivity index (χ1) is 9.26. The van der Waals surface area contributed by atoms with Crippen molar-refractivity contribution in [3.05, 3.63) is 28.8 Å². The van der Waals surface area contributed by atoms with Gasteiger partial charge < -0.3 is 14.8 Å². The topological polar surface area (TPSA) is 56.3 Å². The van der Waals surface area contributed by atoms with E-state index in [4.69, 9.17) is 9.47 Å². The highest BCUT2D eigenvalue weighted by Crippen LogP contribution is 2.28.